The van der Waals surface area contributed by atoms with Crippen LogP contribution in [0.5, 0.6) is 0 Å². The molecule has 2 rings (SSSR count). The highest BCUT2D eigenvalue weighted by Crippen LogP contribution is 2.41. The van der Waals surface area contributed by atoms with Crippen LogP contribution < -0.4 is 5.32 Å². The summed E-state index contributed by atoms with van der Waals surface area (Å²) in [6, 6.07) is 0.674. The Morgan fingerprint density at radius 2 is 2.20 bits per heavy atom. The van der Waals surface area contributed by atoms with E-state index < -0.39 is 0 Å². The van der Waals surface area contributed by atoms with E-state index in [0.29, 0.717) is 11.6 Å². The lowest BCUT2D eigenvalue weighted by molar-refractivity contribution is 0.0941. The van der Waals surface area contributed by atoms with Crippen LogP contribution in [0, 0.1) is 5.92 Å². The average molecular weight is 208 g/mol. The maximum absolute atomic E-state index is 3.75. The summed E-state index contributed by atoms with van der Waals surface area (Å²) in [6.45, 7) is 10.3. The number of piperazine rings is 1. The van der Waals surface area contributed by atoms with Crippen molar-refractivity contribution >= 4 is 0 Å². The van der Waals surface area contributed by atoms with E-state index in [9.17, 15) is 0 Å². The van der Waals surface area contributed by atoms with Gasteiger partial charge in [0.15, 0.2) is 0 Å². The molecule has 1 aliphatic carbocycles. The van der Waals surface area contributed by atoms with Gasteiger partial charge in [-0.25, -0.2) is 0 Å². The molecule has 86 valence electrons. The first kappa shape index (κ1) is 11.2. The van der Waals surface area contributed by atoms with E-state index >= 15 is 0 Å². The summed E-state index contributed by atoms with van der Waals surface area (Å²) in [5.74, 6) is 0.929. The molecular weight excluding hydrogens is 184 g/mol. The Bertz CT molecular complexity index is 245. The number of nitrogens with zero attached hydrogens (tertiary/aromatic N) is 1. The van der Waals surface area contributed by atoms with Crippen LogP contribution in [0.4, 0.5) is 0 Å². The third-order valence-electron chi connectivity index (χ3n) is 4.01. The maximum Gasteiger partial charge on any atom is 0.0309 e. The summed E-state index contributed by atoms with van der Waals surface area (Å²) in [6.07, 6.45) is 7.28. The zero-order chi connectivity index (χ0) is 10.9. The van der Waals surface area contributed by atoms with Crippen LogP contribution in [0.1, 0.15) is 33.6 Å². The number of nitrogens with one attached hydrogen (secondary N) is 1. The summed E-state index contributed by atoms with van der Waals surface area (Å²) in [5, 5.41) is 3.75. The molecule has 0 aromatic rings. The predicted octanol–water partition coefficient (Wildman–Crippen LogP) is 2.02. The Morgan fingerprint density at radius 3 is 2.80 bits per heavy atom. The van der Waals surface area contributed by atoms with Crippen LogP contribution >= 0.6 is 0 Å². The third-order valence-corrected chi connectivity index (χ3v) is 4.01. The van der Waals surface area contributed by atoms with Gasteiger partial charge in [-0.15, -0.1) is 0 Å². The molecule has 2 atom stereocenters. The molecule has 2 aliphatic rings. The molecule has 0 aromatic carbocycles. The van der Waals surface area contributed by atoms with Crippen molar-refractivity contribution in [2.45, 2.75) is 45.2 Å². The normalized spacial score (nSPS) is 38.7. The van der Waals surface area contributed by atoms with Crippen LogP contribution in [0.15, 0.2) is 12.2 Å². The molecule has 1 saturated heterocycles. The minimum atomic E-state index is 0.383. The van der Waals surface area contributed by atoms with Gasteiger partial charge in [-0.1, -0.05) is 12.2 Å². The average Bonchev–Trinajstić information content (AvgIpc) is 3.03. The van der Waals surface area contributed by atoms with Gasteiger partial charge >= 0.3 is 0 Å². The van der Waals surface area contributed by atoms with Crippen molar-refractivity contribution in [1.82, 2.24) is 10.2 Å². The van der Waals surface area contributed by atoms with E-state index in [2.05, 4.69) is 43.1 Å². The van der Waals surface area contributed by atoms with E-state index in [1.165, 1.54) is 19.4 Å². The summed E-state index contributed by atoms with van der Waals surface area (Å²) < 4.78 is 0. The Hall–Kier alpha value is -0.340. The molecular formula is C13H24N2. The minimum absolute atomic E-state index is 0.383. The van der Waals surface area contributed by atoms with Gasteiger partial charge in [0.1, 0.15) is 0 Å². The van der Waals surface area contributed by atoms with Crippen molar-refractivity contribution in [2.24, 2.45) is 5.92 Å². The highest BCUT2D eigenvalue weighted by molar-refractivity contribution is 5.04. The lowest BCUT2D eigenvalue weighted by Gasteiger charge is -2.45. The first-order valence-electron chi connectivity index (χ1n) is 6.26. The highest BCUT2D eigenvalue weighted by Gasteiger charge is 2.44. The molecule has 0 bridgehead atoms. The van der Waals surface area contributed by atoms with Crippen molar-refractivity contribution in [1.29, 1.82) is 0 Å². The molecule has 0 amide bonds. The quantitative estimate of drug-likeness (QED) is 0.714. The van der Waals surface area contributed by atoms with Crippen molar-refractivity contribution in [3.63, 3.8) is 0 Å². The largest absolute Gasteiger partial charge is 0.308 e. The van der Waals surface area contributed by atoms with Gasteiger partial charge < -0.3 is 5.32 Å². The van der Waals surface area contributed by atoms with E-state index in [0.717, 1.165) is 19.0 Å². The lowest BCUT2D eigenvalue weighted by atomic mass is 9.91. The number of hydrogen-bond donors (Lipinski definition) is 1. The first-order valence-corrected chi connectivity index (χ1v) is 6.26. The van der Waals surface area contributed by atoms with Crippen molar-refractivity contribution in [3.05, 3.63) is 12.2 Å². The van der Waals surface area contributed by atoms with Crippen LogP contribution in [-0.4, -0.2) is 36.1 Å². The standard InChI is InChI=1S/C13H24N2/c1-4-5-8-15-10-13(3,12-6-7-12)14-9-11(15)2/h4-5,11-12,14H,6-10H2,1-3H3/b5-4+. The molecule has 1 aliphatic heterocycles. The zero-order valence-electron chi connectivity index (χ0n) is 10.3. The van der Waals surface area contributed by atoms with Gasteiger partial charge in [0.2, 0.25) is 0 Å². The van der Waals surface area contributed by atoms with Gasteiger partial charge in [0, 0.05) is 31.2 Å². The van der Waals surface area contributed by atoms with Crippen molar-refractivity contribution in [2.75, 3.05) is 19.6 Å². The van der Waals surface area contributed by atoms with Gasteiger partial charge in [-0.2, -0.15) is 0 Å². The van der Waals surface area contributed by atoms with Crippen molar-refractivity contribution < 1.29 is 0 Å². The Morgan fingerprint density at radius 1 is 1.47 bits per heavy atom. The number of hydrogen-bond acceptors (Lipinski definition) is 2. The van der Waals surface area contributed by atoms with Crippen LogP contribution in [0.3, 0.4) is 0 Å². The summed E-state index contributed by atoms with van der Waals surface area (Å²) >= 11 is 0. The Labute approximate surface area is 93.7 Å². The fraction of sp³-hybridized carbons (Fsp3) is 0.846. The third kappa shape index (κ3) is 2.43. The van der Waals surface area contributed by atoms with E-state index in [-0.39, 0.29) is 0 Å². The molecule has 2 fully saturated rings. The molecule has 1 heterocycles. The topological polar surface area (TPSA) is 15.3 Å². The molecule has 2 unspecified atom stereocenters. The fourth-order valence-corrected chi connectivity index (χ4v) is 2.62. The van der Waals surface area contributed by atoms with E-state index in [1.807, 2.05) is 0 Å². The Kier molecular flexibility index (Phi) is 3.17. The second-order valence-corrected chi connectivity index (χ2v) is 5.42. The molecule has 15 heavy (non-hydrogen) atoms. The molecule has 2 heteroatoms. The zero-order valence-corrected chi connectivity index (χ0v) is 10.3. The van der Waals surface area contributed by atoms with Gasteiger partial charge in [-0.3, -0.25) is 4.90 Å². The Balaban J connectivity index is 1.96. The molecule has 1 N–H and O–H groups in total. The molecule has 0 radical (unpaired) electrons. The van der Waals surface area contributed by atoms with Gasteiger partial charge in [-0.05, 0) is 39.5 Å². The monoisotopic (exact) mass is 208 g/mol. The van der Waals surface area contributed by atoms with Crippen LogP contribution in [-0.2, 0) is 0 Å². The second-order valence-electron chi connectivity index (χ2n) is 5.42. The van der Waals surface area contributed by atoms with Gasteiger partial charge in [0.25, 0.3) is 0 Å². The van der Waals surface area contributed by atoms with Crippen LogP contribution in [0.25, 0.3) is 0 Å². The van der Waals surface area contributed by atoms with Crippen molar-refractivity contribution in [3.8, 4) is 0 Å². The highest BCUT2D eigenvalue weighted by atomic mass is 15.2. The fourth-order valence-electron chi connectivity index (χ4n) is 2.62. The smallest absolute Gasteiger partial charge is 0.0309 e. The molecule has 1 saturated carbocycles. The number of rotatable bonds is 3. The van der Waals surface area contributed by atoms with E-state index in [1.54, 1.807) is 0 Å². The molecule has 0 spiro atoms. The lowest BCUT2D eigenvalue weighted by Crippen LogP contribution is -2.63. The maximum atomic E-state index is 3.75. The summed E-state index contributed by atoms with van der Waals surface area (Å²) in [5.41, 5.74) is 0.383. The predicted molar refractivity (Wildman–Crippen MR) is 65.0 cm³/mol. The summed E-state index contributed by atoms with van der Waals surface area (Å²) in [7, 11) is 0. The second kappa shape index (κ2) is 4.26. The first-order chi connectivity index (χ1) is 7.15. The summed E-state index contributed by atoms with van der Waals surface area (Å²) in [4.78, 5) is 2.61. The minimum Gasteiger partial charge on any atom is -0.308 e. The SMILES string of the molecule is C/C=C/CN1CC(C)(C2CC2)NCC1C. The van der Waals surface area contributed by atoms with Crippen LogP contribution in [0.2, 0.25) is 0 Å². The molecule has 0 aromatic heterocycles. The van der Waals surface area contributed by atoms with E-state index in [4.69, 9.17) is 0 Å². The molecule has 2 nitrogen and oxygen atoms in total. The van der Waals surface area contributed by atoms with Gasteiger partial charge in [0.05, 0.1) is 0 Å². The number of allylic oxidation sites excluding steroid dienone is 1.